The van der Waals surface area contributed by atoms with Gasteiger partial charge in [0.05, 0.1) is 11.9 Å². The van der Waals surface area contributed by atoms with Crippen LogP contribution in [-0.2, 0) is 32.6 Å². The van der Waals surface area contributed by atoms with E-state index in [0.29, 0.717) is 23.7 Å². The van der Waals surface area contributed by atoms with Gasteiger partial charge in [0.2, 0.25) is 21.8 Å². The summed E-state index contributed by atoms with van der Waals surface area (Å²) in [5.74, 6) is -0.437. The van der Waals surface area contributed by atoms with Crippen molar-refractivity contribution in [2.24, 2.45) is 0 Å². The molecule has 0 fully saturated rings. The number of rotatable bonds is 13. The van der Waals surface area contributed by atoms with Crippen molar-refractivity contribution >= 4 is 39.1 Å². The molecule has 0 heterocycles. The zero-order chi connectivity index (χ0) is 28.4. The molecule has 0 aliphatic heterocycles. The number of nitrogens with one attached hydrogen (secondary N) is 1. The molecule has 0 radical (unpaired) electrons. The molecule has 7 nitrogen and oxygen atoms in total. The molecule has 1 N–H and O–H groups in total. The number of amides is 2. The average Bonchev–Trinajstić information content (AvgIpc) is 2.90. The second-order valence-corrected chi connectivity index (χ2v) is 11.9. The van der Waals surface area contributed by atoms with Crippen LogP contribution in [0.4, 0.5) is 5.69 Å². The molecule has 0 saturated heterocycles. The van der Waals surface area contributed by atoms with Crippen molar-refractivity contribution in [3.8, 4) is 0 Å². The fourth-order valence-corrected chi connectivity index (χ4v) is 5.44. The Kier molecular flexibility index (Phi) is 10.9. The van der Waals surface area contributed by atoms with Gasteiger partial charge in [-0.15, -0.1) is 0 Å². The number of likely N-dealkylation sites (N-methyl/N-ethyl adjacent to an activating group) is 1. The van der Waals surface area contributed by atoms with E-state index in [0.717, 1.165) is 22.9 Å². The Labute approximate surface area is 236 Å². The number of anilines is 1. The number of aryl methyl sites for hydroxylation is 1. The maximum atomic E-state index is 13.7. The van der Waals surface area contributed by atoms with Crippen LogP contribution >= 0.6 is 11.6 Å². The van der Waals surface area contributed by atoms with Crippen molar-refractivity contribution in [3.63, 3.8) is 0 Å². The quantitative estimate of drug-likeness (QED) is 0.315. The zero-order valence-electron chi connectivity index (χ0n) is 22.6. The van der Waals surface area contributed by atoms with Crippen molar-refractivity contribution < 1.29 is 18.0 Å². The van der Waals surface area contributed by atoms with Crippen LogP contribution in [0, 0.1) is 6.92 Å². The molecule has 208 valence electrons. The molecule has 0 bridgehead atoms. The van der Waals surface area contributed by atoms with E-state index in [9.17, 15) is 18.0 Å². The lowest BCUT2D eigenvalue weighted by molar-refractivity contribution is -0.141. The summed E-state index contributed by atoms with van der Waals surface area (Å²) < 4.78 is 26.3. The van der Waals surface area contributed by atoms with Crippen LogP contribution in [0.1, 0.15) is 36.5 Å². The Bertz CT molecular complexity index is 1330. The van der Waals surface area contributed by atoms with Gasteiger partial charge in [-0.1, -0.05) is 71.8 Å². The van der Waals surface area contributed by atoms with Gasteiger partial charge >= 0.3 is 0 Å². The van der Waals surface area contributed by atoms with Crippen LogP contribution in [0.5, 0.6) is 0 Å². The number of carbonyl (C=O) groups is 2. The highest BCUT2D eigenvalue weighted by atomic mass is 35.5. The van der Waals surface area contributed by atoms with E-state index in [1.165, 1.54) is 4.31 Å². The summed E-state index contributed by atoms with van der Waals surface area (Å²) in [5.41, 5.74) is 3.44. The lowest BCUT2D eigenvalue weighted by atomic mass is 10.0. The fraction of sp³-hybridized carbons (Fsp3) is 0.333. The standard InChI is InChI=1S/C30H36ClN3O4S/c1-4-32-30(36)28(21-24-9-6-5-7-10-24)33(22-25-14-12-23(2)13-15-25)29(35)11-8-20-34(39(3,37)38)27-18-16-26(31)17-19-27/h5-7,9-10,12-19,28H,4,8,11,20-22H2,1-3H3,(H,32,36)/t28-/m0/s1. The van der Waals surface area contributed by atoms with E-state index in [4.69, 9.17) is 11.6 Å². The lowest BCUT2D eigenvalue weighted by Gasteiger charge is -2.32. The van der Waals surface area contributed by atoms with Crippen LogP contribution < -0.4 is 9.62 Å². The summed E-state index contributed by atoms with van der Waals surface area (Å²) in [4.78, 5) is 28.6. The predicted molar refractivity (Wildman–Crippen MR) is 157 cm³/mol. The normalized spacial score (nSPS) is 12.0. The molecule has 0 saturated carbocycles. The SMILES string of the molecule is CCNC(=O)[C@H](Cc1ccccc1)N(Cc1ccc(C)cc1)C(=O)CCCN(c1ccc(Cl)cc1)S(C)(=O)=O. The first-order valence-corrected chi connectivity index (χ1v) is 15.2. The number of hydrogen-bond donors (Lipinski definition) is 1. The number of nitrogens with zero attached hydrogens (tertiary/aromatic N) is 2. The van der Waals surface area contributed by atoms with Gasteiger partial charge in [0, 0.05) is 37.5 Å². The van der Waals surface area contributed by atoms with Gasteiger partial charge in [-0.05, 0) is 55.7 Å². The molecule has 0 aliphatic rings. The first-order valence-electron chi connectivity index (χ1n) is 13.0. The third-order valence-corrected chi connectivity index (χ3v) is 7.81. The van der Waals surface area contributed by atoms with Crippen LogP contribution in [-0.4, -0.2) is 50.5 Å². The monoisotopic (exact) mass is 569 g/mol. The molecule has 0 spiro atoms. The van der Waals surface area contributed by atoms with Gasteiger partial charge in [0.25, 0.3) is 0 Å². The Balaban J connectivity index is 1.85. The van der Waals surface area contributed by atoms with Crippen molar-refractivity contribution in [1.82, 2.24) is 10.2 Å². The first kappa shape index (κ1) is 30.2. The fourth-order valence-electron chi connectivity index (χ4n) is 4.35. The Morgan fingerprint density at radius 2 is 1.56 bits per heavy atom. The number of benzene rings is 3. The minimum absolute atomic E-state index is 0.0795. The summed E-state index contributed by atoms with van der Waals surface area (Å²) in [6, 6.07) is 23.3. The summed E-state index contributed by atoms with van der Waals surface area (Å²) in [6.07, 6.45) is 1.87. The Hall–Kier alpha value is -3.36. The van der Waals surface area contributed by atoms with Crippen molar-refractivity contribution in [1.29, 1.82) is 0 Å². The van der Waals surface area contributed by atoms with Gasteiger partial charge < -0.3 is 10.2 Å². The number of sulfonamides is 1. The van der Waals surface area contributed by atoms with Crippen LogP contribution in [0.15, 0.2) is 78.9 Å². The molecule has 2 amide bonds. The van der Waals surface area contributed by atoms with Crippen molar-refractivity contribution in [3.05, 3.63) is 101 Å². The first-order chi connectivity index (χ1) is 18.6. The molecule has 0 aliphatic carbocycles. The molecule has 3 rings (SSSR count). The number of carbonyl (C=O) groups excluding carboxylic acids is 2. The summed E-state index contributed by atoms with van der Waals surface area (Å²) in [6.45, 7) is 4.67. The van der Waals surface area contributed by atoms with Gasteiger partial charge in [-0.25, -0.2) is 8.42 Å². The van der Waals surface area contributed by atoms with Gasteiger partial charge in [0.1, 0.15) is 6.04 Å². The highest BCUT2D eigenvalue weighted by Crippen LogP contribution is 2.22. The van der Waals surface area contributed by atoms with Gasteiger partial charge in [-0.3, -0.25) is 13.9 Å². The highest BCUT2D eigenvalue weighted by molar-refractivity contribution is 7.92. The number of hydrogen-bond acceptors (Lipinski definition) is 4. The Morgan fingerprint density at radius 1 is 0.923 bits per heavy atom. The Morgan fingerprint density at radius 3 is 2.15 bits per heavy atom. The molecular formula is C30H36ClN3O4S. The number of halogens is 1. The van der Waals surface area contributed by atoms with Crippen molar-refractivity contribution in [2.45, 2.75) is 45.7 Å². The third-order valence-electron chi connectivity index (χ3n) is 6.36. The summed E-state index contributed by atoms with van der Waals surface area (Å²) in [7, 11) is -3.58. The van der Waals surface area contributed by atoms with Gasteiger partial charge in [0.15, 0.2) is 0 Å². The van der Waals surface area contributed by atoms with E-state index in [1.54, 1.807) is 29.2 Å². The second kappa shape index (κ2) is 14.1. The van der Waals surface area contributed by atoms with E-state index in [1.807, 2.05) is 68.4 Å². The zero-order valence-corrected chi connectivity index (χ0v) is 24.2. The molecular weight excluding hydrogens is 534 g/mol. The minimum atomic E-state index is -3.58. The lowest BCUT2D eigenvalue weighted by Crippen LogP contribution is -2.50. The molecule has 1 atom stereocenters. The average molecular weight is 570 g/mol. The maximum Gasteiger partial charge on any atom is 0.243 e. The third kappa shape index (κ3) is 9.11. The minimum Gasteiger partial charge on any atom is -0.355 e. The van der Waals surface area contributed by atoms with E-state index < -0.39 is 16.1 Å². The van der Waals surface area contributed by atoms with Gasteiger partial charge in [-0.2, -0.15) is 0 Å². The molecule has 3 aromatic rings. The highest BCUT2D eigenvalue weighted by Gasteiger charge is 2.30. The molecule has 9 heteroatoms. The maximum absolute atomic E-state index is 13.7. The summed E-state index contributed by atoms with van der Waals surface area (Å²) >= 11 is 5.97. The molecule has 3 aromatic carbocycles. The van der Waals surface area contributed by atoms with Crippen LogP contribution in [0.3, 0.4) is 0 Å². The molecule has 0 aromatic heterocycles. The van der Waals surface area contributed by atoms with E-state index in [2.05, 4.69) is 5.32 Å². The second-order valence-electron chi connectivity index (χ2n) is 9.52. The predicted octanol–water partition coefficient (Wildman–Crippen LogP) is 4.97. The van der Waals surface area contributed by atoms with E-state index in [-0.39, 0.29) is 37.7 Å². The smallest absolute Gasteiger partial charge is 0.243 e. The summed E-state index contributed by atoms with van der Waals surface area (Å²) in [5, 5.41) is 3.39. The molecule has 39 heavy (non-hydrogen) atoms. The molecule has 0 unspecified atom stereocenters. The van der Waals surface area contributed by atoms with Crippen molar-refractivity contribution in [2.75, 3.05) is 23.7 Å². The van der Waals surface area contributed by atoms with Crippen LogP contribution in [0.2, 0.25) is 5.02 Å². The largest absolute Gasteiger partial charge is 0.355 e. The van der Waals surface area contributed by atoms with E-state index >= 15 is 0 Å². The van der Waals surface area contributed by atoms with Crippen LogP contribution in [0.25, 0.3) is 0 Å². The topological polar surface area (TPSA) is 86.8 Å².